The molecular weight excluding hydrogens is 208 g/mol. The number of nitrogen functional groups attached to an aromatic ring is 1. The molecule has 0 saturated heterocycles. The minimum atomic E-state index is -0.374. The number of aromatic nitrogens is 1. The Morgan fingerprint density at radius 3 is 2.73 bits per heavy atom. The largest absolute Gasteiger partial charge is 0.388 e. The molecule has 3 N–H and O–H groups in total. The van der Waals surface area contributed by atoms with Gasteiger partial charge in [-0.1, -0.05) is 50.4 Å². The van der Waals surface area contributed by atoms with Crippen LogP contribution in [0.2, 0.25) is 0 Å². The van der Waals surface area contributed by atoms with Crippen LogP contribution in [-0.2, 0) is 0 Å². The summed E-state index contributed by atoms with van der Waals surface area (Å²) in [6, 6.07) is 0. The Kier molecular flexibility index (Phi) is 5.65. The Hall–Kier alpha value is -0.610. The van der Waals surface area contributed by atoms with Crippen LogP contribution >= 0.6 is 11.3 Å². The first kappa shape index (κ1) is 12.5. The van der Waals surface area contributed by atoms with Crippen LogP contribution in [-0.4, -0.2) is 10.1 Å². The Balaban J connectivity index is 2.16. The minimum absolute atomic E-state index is 0.374. The van der Waals surface area contributed by atoms with Crippen molar-refractivity contribution in [1.29, 1.82) is 0 Å². The molecule has 0 bridgehead atoms. The Labute approximate surface area is 95.3 Å². The normalized spacial score (nSPS) is 12.9. The van der Waals surface area contributed by atoms with E-state index >= 15 is 0 Å². The van der Waals surface area contributed by atoms with Gasteiger partial charge in [0.2, 0.25) is 0 Å². The summed E-state index contributed by atoms with van der Waals surface area (Å²) in [4.78, 5) is 4.82. The zero-order valence-electron chi connectivity index (χ0n) is 9.28. The van der Waals surface area contributed by atoms with Crippen LogP contribution in [0.4, 0.5) is 5.13 Å². The molecule has 86 valence electrons. The Bertz CT molecular complexity index is 275. The molecular formula is C11H20N2OS. The van der Waals surface area contributed by atoms with E-state index in [1.807, 2.05) is 0 Å². The van der Waals surface area contributed by atoms with Gasteiger partial charge >= 0.3 is 0 Å². The van der Waals surface area contributed by atoms with Crippen molar-refractivity contribution in [1.82, 2.24) is 4.98 Å². The number of unbranched alkanes of at least 4 members (excludes halogenated alkanes) is 4. The van der Waals surface area contributed by atoms with E-state index in [2.05, 4.69) is 11.9 Å². The monoisotopic (exact) mass is 228 g/mol. The number of thiazole rings is 1. The van der Waals surface area contributed by atoms with Gasteiger partial charge in [-0.05, 0) is 6.42 Å². The first-order valence-corrected chi connectivity index (χ1v) is 6.45. The summed E-state index contributed by atoms with van der Waals surface area (Å²) in [7, 11) is 0. The molecule has 0 aliphatic rings. The number of rotatable bonds is 7. The molecule has 0 spiro atoms. The fourth-order valence-corrected chi connectivity index (χ4v) is 2.24. The summed E-state index contributed by atoms with van der Waals surface area (Å²) in [5, 5.41) is 10.3. The lowest BCUT2D eigenvalue weighted by molar-refractivity contribution is 0.167. The van der Waals surface area contributed by atoms with Crippen molar-refractivity contribution in [3.05, 3.63) is 11.1 Å². The highest BCUT2D eigenvalue weighted by molar-refractivity contribution is 7.15. The SMILES string of the molecule is CCCCCCCC(O)c1cnc(N)s1. The molecule has 0 aromatic carbocycles. The number of anilines is 1. The third-order valence-corrected chi connectivity index (χ3v) is 3.38. The topological polar surface area (TPSA) is 59.1 Å². The molecule has 1 atom stereocenters. The highest BCUT2D eigenvalue weighted by atomic mass is 32.1. The Morgan fingerprint density at radius 1 is 1.40 bits per heavy atom. The predicted octanol–water partition coefficient (Wildman–Crippen LogP) is 3.12. The summed E-state index contributed by atoms with van der Waals surface area (Å²) in [6.45, 7) is 2.20. The molecule has 1 heterocycles. The lowest BCUT2D eigenvalue weighted by Gasteiger charge is -2.06. The van der Waals surface area contributed by atoms with Gasteiger partial charge in [0.25, 0.3) is 0 Å². The van der Waals surface area contributed by atoms with E-state index in [9.17, 15) is 5.11 Å². The molecule has 15 heavy (non-hydrogen) atoms. The van der Waals surface area contributed by atoms with E-state index in [0.29, 0.717) is 5.13 Å². The van der Waals surface area contributed by atoms with Crippen LogP contribution in [0, 0.1) is 0 Å². The maximum absolute atomic E-state index is 9.81. The molecule has 4 heteroatoms. The lowest BCUT2D eigenvalue weighted by atomic mass is 10.1. The van der Waals surface area contributed by atoms with Crippen molar-refractivity contribution < 1.29 is 5.11 Å². The van der Waals surface area contributed by atoms with Crippen molar-refractivity contribution in [3.8, 4) is 0 Å². The second kappa shape index (κ2) is 6.80. The van der Waals surface area contributed by atoms with Gasteiger partial charge < -0.3 is 10.8 Å². The third-order valence-electron chi connectivity index (χ3n) is 2.45. The number of nitrogens with two attached hydrogens (primary N) is 1. The molecule has 1 aromatic heterocycles. The smallest absolute Gasteiger partial charge is 0.180 e. The molecule has 0 amide bonds. The van der Waals surface area contributed by atoms with E-state index in [-0.39, 0.29) is 6.10 Å². The molecule has 0 fully saturated rings. The highest BCUT2D eigenvalue weighted by Crippen LogP contribution is 2.26. The van der Waals surface area contributed by atoms with Crippen LogP contribution in [0.15, 0.2) is 6.20 Å². The number of aliphatic hydroxyl groups excluding tert-OH is 1. The van der Waals surface area contributed by atoms with Crippen LogP contribution < -0.4 is 5.73 Å². The average molecular weight is 228 g/mol. The molecule has 0 radical (unpaired) electrons. The van der Waals surface area contributed by atoms with Crippen LogP contribution in [0.5, 0.6) is 0 Å². The number of aliphatic hydroxyl groups is 1. The van der Waals surface area contributed by atoms with Gasteiger partial charge in [-0.25, -0.2) is 4.98 Å². The summed E-state index contributed by atoms with van der Waals surface area (Å²) in [6.07, 6.45) is 8.24. The minimum Gasteiger partial charge on any atom is -0.388 e. The van der Waals surface area contributed by atoms with E-state index in [1.165, 1.54) is 37.0 Å². The summed E-state index contributed by atoms with van der Waals surface area (Å²) in [5.41, 5.74) is 5.51. The van der Waals surface area contributed by atoms with Crippen molar-refractivity contribution >= 4 is 16.5 Å². The maximum Gasteiger partial charge on any atom is 0.180 e. The van der Waals surface area contributed by atoms with Gasteiger partial charge in [0, 0.05) is 6.20 Å². The molecule has 1 aromatic rings. The van der Waals surface area contributed by atoms with Gasteiger partial charge in [-0.3, -0.25) is 0 Å². The summed E-state index contributed by atoms with van der Waals surface area (Å²) < 4.78 is 0. The second-order valence-electron chi connectivity index (χ2n) is 3.82. The van der Waals surface area contributed by atoms with E-state index < -0.39 is 0 Å². The maximum atomic E-state index is 9.81. The first-order valence-electron chi connectivity index (χ1n) is 5.63. The third kappa shape index (κ3) is 4.62. The quantitative estimate of drug-likeness (QED) is 0.705. The molecule has 0 saturated carbocycles. The van der Waals surface area contributed by atoms with Gasteiger partial charge in [-0.15, -0.1) is 0 Å². The number of hydrogen-bond donors (Lipinski definition) is 2. The van der Waals surface area contributed by atoms with Crippen LogP contribution in [0.3, 0.4) is 0 Å². The van der Waals surface area contributed by atoms with Gasteiger partial charge in [0.1, 0.15) is 0 Å². The average Bonchev–Trinajstić information content (AvgIpc) is 2.64. The van der Waals surface area contributed by atoms with Crippen molar-refractivity contribution in [2.45, 2.75) is 51.6 Å². The standard InChI is InChI=1S/C11H20N2OS/c1-2-3-4-5-6-7-9(14)10-8-13-11(12)15-10/h8-9,14H,2-7H2,1H3,(H2,12,13). The van der Waals surface area contributed by atoms with Gasteiger partial charge in [-0.2, -0.15) is 0 Å². The zero-order valence-corrected chi connectivity index (χ0v) is 10.1. The predicted molar refractivity (Wildman–Crippen MR) is 64.9 cm³/mol. The number of hydrogen-bond acceptors (Lipinski definition) is 4. The summed E-state index contributed by atoms with van der Waals surface area (Å²) >= 11 is 1.38. The van der Waals surface area contributed by atoms with E-state index in [4.69, 9.17) is 5.73 Å². The zero-order chi connectivity index (χ0) is 11.1. The molecule has 3 nitrogen and oxygen atoms in total. The van der Waals surface area contributed by atoms with E-state index in [0.717, 1.165) is 17.7 Å². The fourth-order valence-electron chi connectivity index (χ4n) is 1.54. The Morgan fingerprint density at radius 2 is 2.13 bits per heavy atom. The van der Waals surface area contributed by atoms with Crippen molar-refractivity contribution in [2.75, 3.05) is 5.73 Å². The summed E-state index contributed by atoms with van der Waals surface area (Å²) in [5.74, 6) is 0. The van der Waals surface area contributed by atoms with Crippen molar-refractivity contribution in [2.24, 2.45) is 0 Å². The fraction of sp³-hybridized carbons (Fsp3) is 0.727. The highest BCUT2D eigenvalue weighted by Gasteiger charge is 2.09. The van der Waals surface area contributed by atoms with Crippen molar-refractivity contribution in [3.63, 3.8) is 0 Å². The molecule has 1 unspecified atom stereocenters. The van der Waals surface area contributed by atoms with E-state index in [1.54, 1.807) is 6.20 Å². The second-order valence-corrected chi connectivity index (χ2v) is 4.91. The van der Waals surface area contributed by atoms with Gasteiger partial charge in [0.15, 0.2) is 5.13 Å². The molecule has 0 aliphatic carbocycles. The number of nitrogens with zero attached hydrogens (tertiary/aromatic N) is 1. The molecule has 1 rings (SSSR count). The molecule has 0 aliphatic heterocycles. The van der Waals surface area contributed by atoms with Crippen LogP contribution in [0.1, 0.15) is 56.4 Å². The first-order chi connectivity index (χ1) is 7.24. The van der Waals surface area contributed by atoms with Gasteiger partial charge in [0.05, 0.1) is 11.0 Å². The van der Waals surface area contributed by atoms with Crippen LogP contribution in [0.25, 0.3) is 0 Å². The lowest BCUT2D eigenvalue weighted by Crippen LogP contribution is -1.94.